The molecule has 2 aromatic heterocycles. The minimum absolute atomic E-state index is 0.0547. The topological polar surface area (TPSA) is 97.0 Å². The Kier molecular flexibility index (Phi) is 4.98. The molecule has 0 unspecified atom stereocenters. The van der Waals surface area contributed by atoms with E-state index in [1.807, 2.05) is 0 Å². The van der Waals surface area contributed by atoms with Gasteiger partial charge in [0, 0.05) is 11.4 Å². The smallest absolute Gasteiger partial charge is 0.432 e. The monoisotopic (exact) mass is 348 g/mol. The molecule has 0 saturated heterocycles. The lowest BCUT2D eigenvalue weighted by Crippen LogP contribution is -2.13. The number of aromatic nitrogens is 3. The number of nitrogens with zero attached hydrogens (tertiary/aromatic N) is 2. The predicted octanol–water partition coefficient (Wildman–Crippen LogP) is 2.24. The number of aromatic amines is 1. The first-order valence-electron chi connectivity index (χ1n) is 6.33. The van der Waals surface area contributed by atoms with Crippen LogP contribution in [0.2, 0.25) is 0 Å². The van der Waals surface area contributed by atoms with Gasteiger partial charge in [0.2, 0.25) is 0 Å². The Morgan fingerprint density at radius 1 is 1.43 bits per heavy atom. The second-order valence-electron chi connectivity index (χ2n) is 4.24. The third-order valence-corrected chi connectivity index (χ3v) is 3.33. The Balaban J connectivity index is 1.99. The number of alkyl halides is 3. The van der Waals surface area contributed by atoms with Crippen LogP contribution < -0.4 is 5.32 Å². The molecule has 0 saturated carbocycles. The van der Waals surface area contributed by atoms with E-state index < -0.39 is 29.4 Å². The number of carbonyl (C=O) groups is 2. The van der Waals surface area contributed by atoms with Crippen molar-refractivity contribution in [3.63, 3.8) is 0 Å². The highest BCUT2D eigenvalue weighted by atomic mass is 32.1. The van der Waals surface area contributed by atoms with Crippen LogP contribution in [-0.2, 0) is 22.1 Å². The van der Waals surface area contributed by atoms with Gasteiger partial charge in [-0.05, 0) is 6.92 Å². The Morgan fingerprint density at radius 3 is 2.78 bits per heavy atom. The molecular weight excluding hydrogens is 337 g/mol. The lowest BCUT2D eigenvalue weighted by molar-refractivity contribution is -0.142. The maximum Gasteiger partial charge on any atom is 0.432 e. The number of rotatable bonds is 5. The Morgan fingerprint density at radius 2 is 2.17 bits per heavy atom. The molecule has 23 heavy (non-hydrogen) atoms. The zero-order valence-electron chi connectivity index (χ0n) is 11.7. The van der Waals surface area contributed by atoms with Gasteiger partial charge in [-0.3, -0.25) is 20.0 Å². The number of halogens is 3. The lowest BCUT2D eigenvalue weighted by Gasteiger charge is -2.00. The standard InChI is InChI=1S/C12H11F3N4O3S/c1-2-22-9(20)3-6-5-23-11(16-6)17-10(21)7-4-8(19-18-7)12(13,14)15/h4-5H,2-3H2,1H3,(H,18,19)(H,16,17,21). The maximum absolute atomic E-state index is 12.4. The van der Waals surface area contributed by atoms with Gasteiger partial charge in [0.25, 0.3) is 5.91 Å². The van der Waals surface area contributed by atoms with Crippen molar-refractivity contribution >= 4 is 28.3 Å². The average Bonchev–Trinajstić information content (AvgIpc) is 3.07. The number of H-pyrrole nitrogens is 1. The molecule has 1 amide bonds. The van der Waals surface area contributed by atoms with Gasteiger partial charge in [-0.15, -0.1) is 11.3 Å². The first-order chi connectivity index (χ1) is 10.8. The molecule has 0 atom stereocenters. The fraction of sp³-hybridized carbons (Fsp3) is 0.333. The quantitative estimate of drug-likeness (QED) is 0.808. The molecule has 2 heterocycles. The molecule has 0 spiro atoms. The Hall–Kier alpha value is -2.43. The van der Waals surface area contributed by atoms with E-state index in [2.05, 4.69) is 15.4 Å². The van der Waals surface area contributed by atoms with Crippen LogP contribution in [0, 0.1) is 0 Å². The van der Waals surface area contributed by atoms with E-state index in [0.29, 0.717) is 11.8 Å². The Bertz CT molecular complexity index is 710. The van der Waals surface area contributed by atoms with Crippen molar-refractivity contribution < 1.29 is 27.5 Å². The number of carbonyl (C=O) groups excluding carboxylic acids is 2. The van der Waals surface area contributed by atoms with Crippen molar-refractivity contribution in [1.82, 2.24) is 15.2 Å². The van der Waals surface area contributed by atoms with Crippen molar-refractivity contribution in [3.05, 3.63) is 28.5 Å². The third kappa shape index (κ3) is 4.52. The summed E-state index contributed by atoms with van der Waals surface area (Å²) in [5.74, 6) is -1.30. The molecule has 0 fully saturated rings. The number of thiazole rings is 1. The van der Waals surface area contributed by atoms with E-state index in [1.54, 1.807) is 12.0 Å². The van der Waals surface area contributed by atoms with Crippen molar-refractivity contribution in [3.8, 4) is 0 Å². The van der Waals surface area contributed by atoms with Gasteiger partial charge in [0.1, 0.15) is 5.69 Å². The number of hydrogen-bond donors (Lipinski definition) is 2. The summed E-state index contributed by atoms with van der Waals surface area (Å²) in [6, 6.07) is 0.600. The molecular formula is C12H11F3N4O3S. The minimum Gasteiger partial charge on any atom is -0.466 e. The molecule has 0 aromatic carbocycles. The van der Waals surface area contributed by atoms with Crippen molar-refractivity contribution in [2.75, 3.05) is 11.9 Å². The zero-order chi connectivity index (χ0) is 17.0. The highest BCUT2D eigenvalue weighted by Crippen LogP contribution is 2.27. The first-order valence-corrected chi connectivity index (χ1v) is 7.21. The fourth-order valence-corrected chi connectivity index (χ4v) is 2.26. The number of hydrogen-bond acceptors (Lipinski definition) is 6. The van der Waals surface area contributed by atoms with E-state index in [-0.39, 0.29) is 18.2 Å². The molecule has 124 valence electrons. The molecule has 2 aromatic rings. The van der Waals surface area contributed by atoms with Crippen LogP contribution in [0.25, 0.3) is 0 Å². The summed E-state index contributed by atoms with van der Waals surface area (Å²) in [5.41, 5.74) is -1.15. The predicted molar refractivity (Wildman–Crippen MR) is 74.0 cm³/mol. The molecule has 0 bridgehead atoms. The summed E-state index contributed by atoms with van der Waals surface area (Å²) in [6.45, 7) is 1.91. The third-order valence-electron chi connectivity index (χ3n) is 2.52. The lowest BCUT2D eigenvalue weighted by atomic mass is 10.3. The highest BCUT2D eigenvalue weighted by molar-refractivity contribution is 7.14. The zero-order valence-corrected chi connectivity index (χ0v) is 12.5. The van der Waals surface area contributed by atoms with Crippen molar-refractivity contribution in [2.24, 2.45) is 0 Å². The normalized spacial score (nSPS) is 11.3. The van der Waals surface area contributed by atoms with Crippen molar-refractivity contribution in [1.29, 1.82) is 0 Å². The van der Waals surface area contributed by atoms with E-state index in [1.165, 1.54) is 5.38 Å². The van der Waals surface area contributed by atoms with Gasteiger partial charge in [0.15, 0.2) is 10.8 Å². The van der Waals surface area contributed by atoms with Crippen LogP contribution in [0.15, 0.2) is 11.4 Å². The van der Waals surface area contributed by atoms with Crippen LogP contribution in [0.1, 0.15) is 28.8 Å². The highest BCUT2D eigenvalue weighted by Gasteiger charge is 2.33. The van der Waals surface area contributed by atoms with Gasteiger partial charge >= 0.3 is 12.1 Å². The molecule has 2 N–H and O–H groups in total. The van der Waals surface area contributed by atoms with Gasteiger partial charge in [0.05, 0.1) is 18.7 Å². The number of nitrogens with one attached hydrogen (secondary N) is 2. The summed E-state index contributed by atoms with van der Waals surface area (Å²) in [7, 11) is 0. The number of esters is 1. The van der Waals surface area contributed by atoms with E-state index in [4.69, 9.17) is 4.74 Å². The van der Waals surface area contributed by atoms with Gasteiger partial charge in [-0.1, -0.05) is 0 Å². The molecule has 0 radical (unpaired) electrons. The van der Waals surface area contributed by atoms with Crippen LogP contribution in [0.5, 0.6) is 0 Å². The van der Waals surface area contributed by atoms with Gasteiger partial charge in [-0.2, -0.15) is 18.3 Å². The number of amides is 1. The summed E-state index contributed by atoms with van der Waals surface area (Å²) < 4.78 is 42.0. The van der Waals surface area contributed by atoms with E-state index in [0.717, 1.165) is 11.3 Å². The minimum atomic E-state index is -4.61. The number of anilines is 1. The molecule has 0 aliphatic rings. The molecule has 7 nitrogen and oxygen atoms in total. The summed E-state index contributed by atoms with van der Waals surface area (Å²) >= 11 is 1.03. The molecule has 0 aliphatic carbocycles. The molecule has 11 heteroatoms. The first kappa shape index (κ1) is 16.9. The summed E-state index contributed by atoms with van der Waals surface area (Å²) in [5, 5.41) is 9.05. The van der Waals surface area contributed by atoms with E-state index >= 15 is 0 Å². The van der Waals surface area contributed by atoms with Gasteiger partial charge < -0.3 is 4.74 Å². The van der Waals surface area contributed by atoms with Crippen LogP contribution in [-0.4, -0.2) is 33.7 Å². The molecule has 0 aliphatic heterocycles. The summed E-state index contributed by atoms with van der Waals surface area (Å²) in [4.78, 5) is 27.1. The van der Waals surface area contributed by atoms with Gasteiger partial charge in [-0.25, -0.2) is 4.98 Å². The summed E-state index contributed by atoms with van der Waals surface area (Å²) in [6.07, 6.45) is -4.67. The second-order valence-corrected chi connectivity index (χ2v) is 5.10. The Labute approximate surface area is 131 Å². The molecule has 2 rings (SSSR count). The second kappa shape index (κ2) is 6.77. The van der Waals surface area contributed by atoms with E-state index in [9.17, 15) is 22.8 Å². The number of ether oxygens (including phenoxy) is 1. The van der Waals surface area contributed by atoms with Crippen LogP contribution >= 0.6 is 11.3 Å². The average molecular weight is 348 g/mol. The van der Waals surface area contributed by atoms with Crippen LogP contribution in [0.4, 0.5) is 18.3 Å². The fourth-order valence-electron chi connectivity index (χ4n) is 1.55. The SMILES string of the molecule is CCOC(=O)Cc1csc(NC(=O)c2cc(C(F)(F)F)[nH]n2)n1. The maximum atomic E-state index is 12.4. The van der Waals surface area contributed by atoms with Crippen molar-refractivity contribution in [2.45, 2.75) is 19.5 Å². The largest absolute Gasteiger partial charge is 0.466 e. The van der Waals surface area contributed by atoms with Crippen LogP contribution in [0.3, 0.4) is 0 Å².